The minimum absolute atomic E-state index is 0.00321. The Labute approximate surface area is 141 Å². The predicted octanol–water partition coefficient (Wildman–Crippen LogP) is 2.71. The number of para-hydroxylation sites is 3. The molecule has 2 aromatic rings. The summed E-state index contributed by atoms with van der Waals surface area (Å²) >= 11 is 0. The van der Waals surface area contributed by atoms with E-state index in [4.69, 9.17) is 4.74 Å². The summed E-state index contributed by atoms with van der Waals surface area (Å²) in [4.78, 5) is 27.5. The smallest absolute Gasteiger partial charge is 0.231 e. The molecular formula is C19H20N2O3. The lowest BCUT2D eigenvalue weighted by molar-refractivity contribution is -0.121. The van der Waals surface area contributed by atoms with Gasteiger partial charge in [-0.25, -0.2) is 0 Å². The second-order valence-electron chi connectivity index (χ2n) is 5.80. The van der Waals surface area contributed by atoms with E-state index in [1.165, 1.54) is 0 Å². The van der Waals surface area contributed by atoms with Crippen molar-refractivity contribution in [1.82, 2.24) is 0 Å². The Morgan fingerprint density at radius 3 is 2.46 bits per heavy atom. The first-order chi connectivity index (χ1) is 11.7. The van der Waals surface area contributed by atoms with E-state index in [9.17, 15) is 9.59 Å². The number of benzene rings is 2. The number of anilines is 2. The lowest BCUT2D eigenvalue weighted by Gasteiger charge is -2.24. The average Bonchev–Trinajstić information content (AvgIpc) is 2.72. The van der Waals surface area contributed by atoms with Crippen molar-refractivity contribution in [3.63, 3.8) is 0 Å². The molecule has 124 valence electrons. The largest absolute Gasteiger partial charge is 0.492 e. The minimum atomic E-state index is -0.265. The summed E-state index contributed by atoms with van der Waals surface area (Å²) in [5.74, 6) is 0.512. The summed E-state index contributed by atoms with van der Waals surface area (Å²) < 4.78 is 5.72. The van der Waals surface area contributed by atoms with Gasteiger partial charge in [0.25, 0.3) is 0 Å². The predicted molar refractivity (Wildman–Crippen MR) is 93.3 cm³/mol. The molecule has 1 aliphatic rings. The van der Waals surface area contributed by atoms with Crippen LogP contribution < -0.4 is 14.5 Å². The number of ether oxygens (including phenoxy) is 1. The number of hydrogen-bond donors (Lipinski definition) is 0. The van der Waals surface area contributed by atoms with E-state index >= 15 is 0 Å². The Morgan fingerprint density at radius 2 is 1.75 bits per heavy atom. The van der Waals surface area contributed by atoms with Crippen LogP contribution >= 0.6 is 0 Å². The van der Waals surface area contributed by atoms with Crippen molar-refractivity contribution in [2.45, 2.75) is 6.92 Å². The Kier molecular flexibility index (Phi) is 4.79. The molecule has 0 saturated heterocycles. The SMILES string of the molecule is CC1CN(C=O)c2ccccc2N(CCOc2ccccc2)C1=O. The van der Waals surface area contributed by atoms with Gasteiger partial charge in [-0.1, -0.05) is 37.3 Å². The van der Waals surface area contributed by atoms with E-state index in [0.29, 0.717) is 19.7 Å². The Bertz CT molecular complexity index is 718. The molecule has 0 N–H and O–H groups in total. The van der Waals surface area contributed by atoms with Crippen molar-refractivity contribution in [2.24, 2.45) is 5.92 Å². The van der Waals surface area contributed by atoms with Crippen LogP contribution in [-0.4, -0.2) is 32.0 Å². The molecule has 1 aliphatic heterocycles. The highest BCUT2D eigenvalue weighted by molar-refractivity contribution is 6.02. The lowest BCUT2D eigenvalue weighted by Crippen LogP contribution is -2.38. The zero-order valence-corrected chi connectivity index (χ0v) is 13.6. The van der Waals surface area contributed by atoms with Gasteiger partial charge in [-0.2, -0.15) is 0 Å². The first-order valence-electron chi connectivity index (χ1n) is 8.01. The number of carbonyl (C=O) groups excluding carboxylic acids is 2. The number of rotatable bonds is 5. The maximum atomic E-state index is 12.7. The number of carbonyl (C=O) groups is 2. The maximum absolute atomic E-state index is 12.7. The molecule has 2 amide bonds. The first kappa shape index (κ1) is 16.1. The van der Waals surface area contributed by atoms with Crippen LogP contribution in [0.25, 0.3) is 0 Å². The normalized spacial score (nSPS) is 17.2. The van der Waals surface area contributed by atoms with Crippen molar-refractivity contribution in [1.29, 1.82) is 0 Å². The van der Waals surface area contributed by atoms with Crippen molar-refractivity contribution >= 4 is 23.7 Å². The highest BCUT2D eigenvalue weighted by atomic mass is 16.5. The fraction of sp³-hybridized carbons (Fsp3) is 0.263. The fourth-order valence-electron chi connectivity index (χ4n) is 2.89. The molecule has 24 heavy (non-hydrogen) atoms. The van der Waals surface area contributed by atoms with E-state index in [-0.39, 0.29) is 11.8 Å². The summed E-state index contributed by atoms with van der Waals surface area (Å²) in [7, 11) is 0. The molecule has 0 aliphatic carbocycles. The van der Waals surface area contributed by atoms with E-state index < -0.39 is 0 Å². The maximum Gasteiger partial charge on any atom is 0.231 e. The van der Waals surface area contributed by atoms with Crippen LogP contribution in [0.5, 0.6) is 5.75 Å². The van der Waals surface area contributed by atoms with Crippen molar-refractivity contribution < 1.29 is 14.3 Å². The molecule has 1 atom stereocenters. The third-order valence-corrected chi connectivity index (χ3v) is 4.09. The quantitative estimate of drug-likeness (QED) is 0.795. The van der Waals surface area contributed by atoms with Crippen LogP contribution in [0.4, 0.5) is 11.4 Å². The topological polar surface area (TPSA) is 49.9 Å². The molecule has 0 radical (unpaired) electrons. The van der Waals surface area contributed by atoms with Crippen LogP contribution in [0.3, 0.4) is 0 Å². The number of amides is 2. The summed E-state index contributed by atoms with van der Waals surface area (Å²) in [6.45, 7) is 3.05. The van der Waals surface area contributed by atoms with Gasteiger partial charge < -0.3 is 14.5 Å². The summed E-state index contributed by atoms with van der Waals surface area (Å²) in [5, 5.41) is 0. The molecule has 5 heteroatoms. The molecule has 1 heterocycles. The van der Waals surface area contributed by atoms with Gasteiger partial charge in [-0.3, -0.25) is 9.59 Å². The van der Waals surface area contributed by atoms with Crippen LogP contribution in [0.2, 0.25) is 0 Å². The van der Waals surface area contributed by atoms with Crippen LogP contribution in [0.1, 0.15) is 6.92 Å². The number of nitrogens with zero attached hydrogens (tertiary/aromatic N) is 2. The third-order valence-electron chi connectivity index (χ3n) is 4.09. The second kappa shape index (κ2) is 7.17. The Balaban J connectivity index is 1.81. The first-order valence-corrected chi connectivity index (χ1v) is 8.01. The third kappa shape index (κ3) is 3.25. The molecule has 0 bridgehead atoms. The van der Waals surface area contributed by atoms with Gasteiger partial charge in [-0.05, 0) is 24.3 Å². The Morgan fingerprint density at radius 1 is 1.08 bits per heavy atom. The minimum Gasteiger partial charge on any atom is -0.492 e. The molecule has 2 aromatic carbocycles. The number of hydrogen-bond acceptors (Lipinski definition) is 3. The van der Waals surface area contributed by atoms with Gasteiger partial charge >= 0.3 is 0 Å². The number of fused-ring (bicyclic) bond motifs is 1. The van der Waals surface area contributed by atoms with E-state index in [0.717, 1.165) is 23.5 Å². The van der Waals surface area contributed by atoms with Gasteiger partial charge in [0.15, 0.2) is 0 Å². The van der Waals surface area contributed by atoms with Gasteiger partial charge in [0.2, 0.25) is 12.3 Å². The molecule has 0 spiro atoms. The second-order valence-corrected chi connectivity index (χ2v) is 5.80. The van der Waals surface area contributed by atoms with E-state index in [2.05, 4.69) is 0 Å². The monoisotopic (exact) mass is 324 g/mol. The van der Waals surface area contributed by atoms with Crippen LogP contribution in [-0.2, 0) is 9.59 Å². The summed E-state index contributed by atoms with van der Waals surface area (Å²) in [6.07, 6.45) is 0.784. The highest BCUT2D eigenvalue weighted by Crippen LogP contribution is 2.33. The average molecular weight is 324 g/mol. The van der Waals surface area contributed by atoms with Gasteiger partial charge in [0.1, 0.15) is 12.4 Å². The molecule has 0 aromatic heterocycles. The van der Waals surface area contributed by atoms with Gasteiger partial charge in [0.05, 0.1) is 23.8 Å². The van der Waals surface area contributed by atoms with Crippen molar-refractivity contribution in [3.8, 4) is 5.75 Å². The summed E-state index contributed by atoms with van der Waals surface area (Å²) in [5.41, 5.74) is 1.50. The molecule has 1 unspecified atom stereocenters. The van der Waals surface area contributed by atoms with Gasteiger partial charge in [0, 0.05) is 6.54 Å². The van der Waals surface area contributed by atoms with Crippen molar-refractivity contribution in [3.05, 3.63) is 54.6 Å². The molecule has 5 nitrogen and oxygen atoms in total. The molecular weight excluding hydrogens is 304 g/mol. The van der Waals surface area contributed by atoms with Crippen molar-refractivity contribution in [2.75, 3.05) is 29.5 Å². The Hall–Kier alpha value is -2.82. The zero-order chi connectivity index (χ0) is 16.9. The highest BCUT2D eigenvalue weighted by Gasteiger charge is 2.30. The zero-order valence-electron chi connectivity index (χ0n) is 13.6. The lowest BCUT2D eigenvalue weighted by atomic mass is 10.1. The van der Waals surface area contributed by atoms with E-state index in [1.54, 1.807) is 9.80 Å². The van der Waals surface area contributed by atoms with Gasteiger partial charge in [-0.15, -0.1) is 0 Å². The van der Waals surface area contributed by atoms with Crippen LogP contribution in [0.15, 0.2) is 54.6 Å². The van der Waals surface area contributed by atoms with Crippen LogP contribution in [0, 0.1) is 5.92 Å². The fourth-order valence-corrected chi connectivity index (χ4v) is 2.89. The molecule has 0 fully saturated rings. The summed E-state index contributed by atoms with van der Waals surface area (Å²) in [6, 6.07) is 17.0. The van der Waals surface area contributed by atoms with E-state index in [1.807, 2.05) is 61.5 Å². The molecule has 3 rings (SSSR count). The standard InChI is InChI=1S/C19H20N2O3/c1-15-13-20(14-22)17-9-5-6-10-18(17)21(19(15)23)11-12-24-16-7-3-2-4-8-16/h2-10,14-15H,11-13H2,1H3. The molecule has 0 saturated carbocycles.